The smallest absolute Gasteiger partial charge is 0.305 e. The first-order valence-electron chi connectivity index (χ1n) is 5.71. The lowest BCUT2D eigenvalue weighted by Gasteiger charge is -2.06. The van der Waals surface area contributed by atoms with E-state index in [0.29, 0.717) is 6.42 Å². The van der Waals surface area contributed by atoms with Gasteiger partial charge in [-0.1, -0.05) is 31.9 Å². The van der Waals surface area contributed by atoms with Crippen LogP contribution in [0.1, 0.15) is 51.9 Å². The summed E-state index contributed by atoms with van der Waals surface area (Å²) in [4.78, 5) is 10.2. The number of unbranched alkanes of at least 4 members (excludes halogenated alkanes) is 3. The molecule has 0 aliphatic carbocycles. The first kappa shape index (κ1) is 14.2. The Labute approximate surface area is 91.8 Å². The van der Waals surface area contributed by atoms with Crippen LogP contribution in [0.5, 0.6) is 0 Å². The van der Waals surface area contributed by atoms with E-state index in [1.807, 2.05) is 0 Å². The topological polar surface area (TPSA) is 57.5 Å². The van der Waals surface area contributed by atoms with Gasteiger partial charge in [0.05, 0.1) is 12.5 Å². The SMILES string of the molecule is CCC=CCCCCCC(O)CC(=O)O. The summed E-state index contributed by atoms with van der Waals surface area (Å²) in [5.74, 6) is -0.923. The minimum Gasteiger partial charge on any atom is -0.481 e. The van der Waals surface area contributed by atoms with Crippen molar-refractivity contribution in [1.29, 1.82) is 0 Å². The number of carboxylic acid groups (broad SMARTS) is 1. The van der Waals surface area contributed by atoms with E-state index in [2.05, 4.69) is 19.1 Å². The first-order chi connectivity index (χ1) is 7.16. The Balaban J connectivity index is 3.23. The number of carbonyl (C=O) groups is 1. The van der Waals surface area contributed by atoms with Crippen LogP contribution in [-0.2, 0) is 4.79 Å². The molecule has 0 saturated heterocycles. The van der Waals surface area contributed by atoms with Crippen molar-refractivity contribution in [2.24, 2.45) is 0 Å². The van der Waals surface area contributed by atoms with Crippen molar-refractivity contribution in [1.82, 2.24) is 0 Å². The molecule has 0 aliphatic heterocycles. The molecule has 0 aromatic rings. The van der Waals surface area contributed by atoms with Crippen molar-refractivity contribution >= 4 is 5.97 Å². The van der Waals surface area contributed by atoms with Crippen molar-refractivity contribution in [3.63, 3.8) is 0 Å². The highest BCUT2D eigenvalue weighted by Gasteiger charge is 2.08. The summed E-state index contributed by atoms with van der Waals surface area (Å²) < 4.78 is 0. The molecule has 0 rings (SSSR count). The van der Waals surface area contributed by atoms with Crippen molar-refractivity contribution in [2.45, 2.75) is 58.0 Å². The lowest BCUT2D eigenvalue weighted by atomic mass is 10.1. The highest BCUT2D eigenvalue weighted by molar-refractivity contribution is 5.67. The van der Waals surface area contributed by atoms with E-state index in [1.165, 1.54) is 0 Å². The van der Waals surface area contributed by atoms with Crippen LogP contribution in [-0.4, -0.2) is 22.3 Å². The highest BCUT2D eigenvalue weighted by atomic mass is 16.4. The molecular formula is C12H22O3. The molecule has 2 N–H and O–H groups in total. The monoisotopic (exact) mass is 214 g/mol. The van der Waals surface area contributed by atoms with Gasteiger partial charge in [-0.2, -0.15) is 0 Å². The molecule has 0 fully saturated rings. The van der Waals surface area contributed by atoms with Crippen molar-refractivity contribution < 1.29 is 15.0 Å². The average molecular weight is 214 g/mol. The van der Waals surface area contributed by atoms with Gasteiger partial charge < -0.3 is 10.2 Å². The van der Waals surface area contributed by atoms with Crippen molar-refractivity contribution in [3.05, 3.63) is 12.2 Å². The Kier molecular flexibility index (Phi) is 9.18. The number of aliphatic hydroxyl groups excluding tert-OH is 1. The van der Waals surface area contributed by atoms with E-state index in [0.717, 1.165) is 32.1 Å². The molecular weight excluding hydrogens is 192 g/mol. The number of carboxylic acids is 1. The fourth-order valence-electron chi connectivity index (χ4n) is 1.41. The van der Waals surface area contributed by atoms with E-state index in [9.17, 15) is 9.90 Å². The van der Waals surface area contributed by atoms with E-state index in [-0.39, 0.29) is 6.42 Å². The molecule has 0 radical (unpaired) electrons. The van der Waals surface area contributed by atoms with Gasteiger partial charge in [0.2, 0.25) is 0 Å². The number of hydrogen-bond acceptors (Lipinski definition) is 2. The van der Waals surface area contributed by atoms with Gasteiger partial charge in [0, 0.05) is 0 Å². The summed E-state index contributed by atoms with van der Waals surface area (Å²) in [6, 6.07) is 0. The molecule has 0 bridgehead atoms. The second-order valence-electron chi connectivity index (χ2n) is 3.77. The zero-order valence-electron chi connectivity index (χ0n) is 9.48. The quantitative estimate of drug-likeness (QED) is 0.458. The molecule has 15 heavy (non-hydrogen) atoms. The average Bonchev–Trinajstić information content (AvgIpc) is 2.15. The molecule has 0 amide bonds. The largest absolute Gasteiger partial charge is 0.481 e. The molecule has 0 heterocycles. The molecule has 0 aromatic heterocycles. The second-order valence-corrected chi connectivity index (χ2v) is 3.77. The van der Waals surface area contributed by atoms with Gasteiger partial charge in [-0.05, 0) is 25.7 Å². The van der Waals surface area contributed by atoms with Crippen LogP contribution in [0.2, 0.25) is 0 Å². The van der Waals surface area contributed by atoms with Crippen LogP contribution in [0.4, 0.5) is 0 Å². The van der Waals surface area contributed by atoms with E-state index in [1.54, 1.807) is 0 Å². The van der Waals surface area contributed by atoms with Crippen LogP contribution >= 0.6 is 0 Å². The Morgan fingerprint density at radius 3 is 2.60 bits per heavy atom. The molecule has 1 atom stereocenters. The summed E-state index contributed by atoms with van der Waals surface area (Å²) in [7, 11) is 0. The fraction of sp³-hybridized carbons (Fsp3) is 0.750. The number of aliphatic hydroxyl groups is 1. The molecule has 88 valence electrons. The van der Waals surface area contributed by atoms with Gasteiger partial charge in [-0.15, -0.1) is 0 Å². The number of hydrogen-bond donors (Lipinski definition) is 2. The Morgan fingerprint density at radius 2 is 2.00 bits per heavy atom. The molecule has 0 saturated carbocycles. The lowest BCUT2D eigenvalue weighted by Crippen LogP contribution is -2.12. The van der Waals surface area contributed by atoms with Crippen LogP contribution in [0, 0.1) is 0 Å². The van der Waals surface area contributed by atoms with Crippen LogP contribution in [0.3, 0.4) is 0 Å². The summed E-state index contributed by atoms with van der Waals surface area (Å²) in [6.07, 6.45) is 9.39. The Bertz CT molecular complexity index is 187. The van der Waals surface area contributed by atoms with Crippen LogP contribution < -0.4 is 0 Å². The molecule has 0 aliphatic rings. The molecule has 0 spiro atoms. The summed E-state index contributed by atoms with van der Waals surface area (Å²) in [5, 5.41) is 17.7. The van der Waals surface area contributed by atoms with E-state index >= 15 is 0 Å². The third-order valence-corrected chi connectivity index (χ3v) is 2.22. The number of allylic oxidation sites excluding steroid dienone is 2. The third-order valence-electron chi connectivity index (χ3n) is 2.22. The maximum Gasteiger partial charge on any atom is 0.305 e. The number of aliphatic carboxylic acids is 1. The molecule has 3 heteroatoms. The normalized spacial score (nSPS) is 13.2. The summed E-state index contributed by atoms with van der Waals surface area (Å²) >= 11 is 0. The molecule has 0 aromatic carbocycles. The van der Waals surface area contributed by atoms with Gasteiger partial charge in [-0.25, -0.2) is 0 Å². The Morgan fingerprint density at radius 1 is 1.27 bits per heavy atom. The third kappa shape index (κ3) is 11.1. The highest BCUT2D eigenvalue weighted by Crippen LogP contribution is 2.08. The Hall–Kier alpha value is -0.830. The zero-order valence-corrected chi connectivity index (χ0v) is 9.48. The summed E-state index contributed by atoms with van der Waals surface area (Å²) in [5.41, 5.74) is 0. The fourth-order valence-corrected chi connectivity index (χ4v) is 1.41. The van der Waals surface area contributed by atoms with Gasteiger partial charge in [0.15, 0.2) is 0 Å². The first-order valence-corrected chi connectivity index (χ1v) is 5.71. The van der Waals surface area contributed by atoms with Crippen molar-refractivity contribution in [2.75, 3.05) is 0 Å². The predicted octanol–water partition coefficient (Wildman–Crippen LogP) is 2.74. The van der Waals surface area contributed by atoms with E-state index < -0.39 is 12.1 Å². The minimum atomic E-state index is -0.923. The van der Waals surface area contributed by atoms with Crippen LogP contribution in [0.15, 0.2) is 12.2 Å². The van der Waals surface area contributed by atoms with Crippen molar-refractivity contribution in [3.8, 4) is 0 Å². The van der Waals surface area contributed by atoms with Gasteiger partial charge in [-0.3, -0.25) is 4.79 Å². The maximum absolute atomic E-state index is 10.2. The van der Waals surface area contributed by atoms with Gasteiger partial charge in [0.25, 0.3) is 0 Å². The lowest BCUT2D eigenvalue weighted by molar-refractivity contribution is -0.139. The second kappa shape index (κ2) is 9.71. The number of rotatable bonds is 9. The van der Waals surface area contributed by atoms with Crippen LogP contribution in [0.25, 0.3) is 0 Å². The van der Waals surface area contributed by atoms with Gasteiger partial charge in [0.1, 0.15) is 0 Å². The molecule has 1 unspecified atom stereocenters. The zero-order chi connectivity index (χ0) is 11.5. The van der Waals surface area contributed by atoms with Gasteiger partial charge >= 0.3 is 5.97 Å². The summed E-state index contributed by atoms with van der Waals surface area (Å²) in [6.45, 7) is 2.11. The van der Waals surface area contributed by atoms with E-state index in [4.69, 9.17) is 5.11 Å². The predicted molar refractivity (Wildman–Crippen MR) is 60.8 cm³/mol. The maximum atomic E-state index is 10.2. The minimum absolute atomic E-state index is 0.129. The molecule has 3 nitrogen and oxygen atoms in total. The standard InChI is InChI=1S/C12H22O3/c1-2-3-4-5-6-7-8-9-11(13)10-12(14)15/h3-4,11,13H,2,5-10H2,1H3,(H,14,15).